The summed E-state index contributed by atoms with van der Waals surface area (Å²) in [5.74, 6) is -0.285. The SMILES string of the molecule is Nc1cc(N)c(C(=O)c2sc(Nc3ccc(S(N)(=O)=O)cc3)nc2N)s1. The van der Waals surface area contributed by atoms with Gasteiger partial charge in [0.1, 0.15) is 15.6 Å². The highest BCUT2D eigenvalue weighted by molar-refractivity contribution is 7.89. The third-order valence-electron chi connectivity index (χ3n) is 3.28. The van der Waals surface area contributed by atoms with E-state index in [4.69, 9.17) is 22.3 Å². The van der Waals surface area contributed by atoms with Crippen molar-refractivity contribution in [2.24, 2.45) is 5.14 Å². The maximum atomic E-state index is 12.6. The second-order valence-corrected chi connectivity index (χ2v) is 8.83. The summed E-state index contributed by atoms with van der Waals surface area (Å²) >= 11 is 2.14. The smallest absolute Gasteiger partial charge is 0.238 e. The predicted molar refractivity (Wildman–Crippen MR) is 104 cm³/mol. The number of nitrogen functional groups attached to an aromatic ring is 3. The number of thiazole rings is 1. The highest BCUT2D eigenvalue weighted by Gasteiger charge is 2.22. The molecular formula is C14H14N6O3S3. The molecule has 2 heterocycles. The molecule has 12 heteroatoms. The fraction of sp³-hybridized carbons (Fsp3) is 0. The van der Waals surface area contributed by atoms with Crippen LogP contribution >= 0.6 is 22.7 Å². The third kappa shape index (κ3) is 3.62. The van der Waals surface area contributed by atoms with E-state index in [2.05, 4.69) is 10.3 Å². The summed E-state index contributed by atoms with van der Waals surface area (Å²) in [6.07, 6.45) is 0. The Morgan fingerprint density at radius 2 is 1.69 bits per heavy atom. The van der Waals surface area contributed by atoms with Crippen molar-refractivity contribution in [1.29, 1.82) is 0 Å². The lowest BCUT2D eigenvalue weighted by Gasteiger charge is -2.03. The Bertz CT molecular complexity index is 1090. The quantitative estimate of drug-likeness (QED) is 0.393. The Hall–Kier alpha value is -2.67. The van der Waals surface area contributed by atoms with Crippen LogP contribution in [0.1, 0.15) is 14.5 Å². The van der Waals surface area contributed by atoms with Crippen LogP contribution in [0.25, 0.3) is 0 Å². The number of hydrogen-bond acceptors (Lipinski definition) is 10. The number of hydrogen-bond donors (Lipinski definition) is 5. The lowest BCUT2D eigenvalue weighted by atomic mass is 10.2. The van der Waals surface area contributed by atoms with Gasteiger partial charge in [-0.15, -0.1) is 11.3 Å². The van der Waals surface area contributed by atoms with Crippen LogP contribution in [0, 0.1) is 0 Å². The van der Waals surface area contributed by atoms with E-state index in [9.17, 15) is 13.2 Å². The number of primary sulfonamides is 1. The summed E-state index contributed by atoms with van der Waals surface area (Å²) < 4.78 is 22.5. The topological polar surface area (TPSA) is 180 Å². The van der Waals surface area contributed by atoms with E-state index in [0.717, 1.165) is 22.7 Å². The molecule has 0 saturated heterocycles. The van der Waals surface area contributed by atoms with E-state index < -0.39 is 10.0 Å². The predicted octanol–water partition coefficient (Wildman–Crippen LogP) is 1.57. The maximum Gasteiger partial charge on any atom is 0.238 e. The Morgan fingerprint density at radius 3 is 2.23 bits per heavy atom. The number of carbonyl (C=O) groups is 1. The molecule has 0 aliphatic rings. The zero-order valence-corrected chi connectivity index (χ0v) is 15.5. The second kappa shape index (κ2) is 6.57. The first kappa shape index (κ1) is 18.1. The molecule has 0 fully saturated rings. The number of sulfonamides is 1. The first-order valence-electron chi connectivity index (χ1n) is 7.01. The molecule has 3 aromatic rings. The van der Waals surface area contributed by atoms with Crippen LogP contribution in [0.15, 0.2) is 35.2 Å². The van der Waals surface area contributed by atoms with Crippen LogP contribution in [0.2, 0.25) is 0 Å². The van der Waals surface area contributed by atoms with Gasteiger partial charge in [0.15, 0.2) is 5.13 Å². The van der Waals surface area contributed by atoms with Crippen molar-refractivity contribution in [1.82, 2.24) is 4.98 Å². The number of nitrogens with one attached hydrogen (secondary N) is 1. The van der Waals surface area contributed by atoms with Crippen LogP contribution in [0.3, 0.4) is 0 Å². The Balaban J connectivity index is 1.84. The van der Waals surface area contributed by atoms with Crippen molar-refractivity contribution in [2.75, 3.05) is 22.5 Å². The number of nitrogens with zero attached hydrogens (tertiary/aromatic N) is 1. The molecule has 9 nitrogen and oxygen atoms in total. The van der Waals surface area contributed by atoms with Crippen molar-refractivity contribution in [3.63, 3.8) is 0 Å². The summed E-state index contributed by atoms with van der Waals surface area (Å²) in [6.45, 7) is 0. The fourth-order valence-electron chi connectivity index (χ4n) is 2.11. The minimum absolute atomic E-state index is 0.0108. The van der Waals surface area contributed by atoms with E-state index in [1.165, 1.54) is 30.3 Å². The molecule has 0 saturated carbocycles. The van der Waals surface area contributed by atoms with Crippen molar-refractivity contribution < 1.29 is 13.2 Å². The fourth-order valence-corrected chi connectivity index (χ4v) is 4.33. The summed E-state index contributed by atoms with van der Waals surface area (Å²) in [4.78, 5) is 17.2. The largest absolute Gasteiger partial charge is 0.397 e. The van der Waals surface area contributed by atoms with Gasteiger partial charge in [-0.2, -0.15) is 0 Å². The van der Waals surface area contributed by atoms with Crippen molar-refractivity contribution >= 4 is 65.8 Å². The first-order valence-corrected chi connectivity index (χ1v) is 10.2. The van der Waals surface area contributed by atoms with Crippen LogP contribution < -0.4 is 27.7 Å². The minimum Gasteiger partial charge on any atom is -0.397 e. The van der Waals surface area contributed by atoms with E-state index in [1.807, 2.05) is 0 Å². The standard InChI is InChI=1S/C14H14N6O3S3/c15-8-5-9(16)24-11(8)10(21)12-13(17)20-14(25-12)19-6-1-3-7(4-2-6)26(18,22)23/h1-5H,15-17H2,(H,19,20)(H2,18,22,23). The highest BCUT2D eigenvalue weighted by Crippen LogP contribution is 2.34. The van der Waals surface area contributed by atoms with Gasteiger partial charge >= 0.3 is 0 Å². The Morgan fingerprint density at radius 1 is 1.04 bits per heavy atom. The van der Waals surface area contributed by atoms with Crippen LogP contribution in [0.4, 0.5) is 27.3 Å². The van der Waals surface area contributed by atoms with Crippen molar-refractivity contribution in [2.45, 2.75) is 4.90 Å². The van der Waals surface area contributed by atoms with Gasteiger partial charge < -0.3 is 22.5 Å². The molecule has 9 N–H and O–H groups in total. The summed E-state index contributed by atoms with van der Waals surface area (Å²) in [7, 11) is -3.77. The Labute approximate surface area is 156 Å². The Kier molecular flexibility index (Phi) is 4.58. The van der Waals surface area contributed by atoms with Crippen LogP contribution in [0.5, 0.6) is 0 Å². The number of benzene rings is 1. The average Bonchev–Trinajstić information content (AvgIpc) is 3.08. The van der Waals surface area contributed by atoms with Gasteiger partial charge in [-0.1, -0.05) is 11.3 Å². The molecule has 1 aromatic carbocycles. The molecular weight excluding hydrogens is 396 g/mol. The highest BCUT2D eigenvalue weighted by atomic mass is 32.2. The van der Waals surface area contributed by atoms with Gasteiger partial charge in [0, 0.05) is 5.69 Å². The number of thiophene rings is 1. The number of aromatic nitrogens is 1. The lowest BCUT2D eigenvalue weighted by Crippen LogP contribution is -2.11. The van der Waals surface area contributed by atoms with Crippen molar-refractivity contribution in [3.05, 3.63) is 40.1 Å². The molecule has 26 heavy (non-hydrogen) atoms. The number of anilines is 5. The van der Waals surface area contributed by atoms with Crippen molar-refractivity contribution in [3.8, 4) is 0 Å². The molecule has 0 bridgehead atoms. The molecule has 0 amide bonds. The average molecular weight is 411 g/mol. The van der Waals surface area contributed by atoms with E-state index in [1.54, 1.807) is 0 Å². The number of ketones is 1. The van der Waals surface area contributed by atoms with Gasteiger partial charge in [0.25, 0.3) is 0 Å². The summed E-state index contributed by atoms with van der Waals surface area (Å²) in [6, 6.07) is 7.28. The second-order valence-electron chi connectivity index (χ2n) is 5.19. The van der Waals surface area contributed by atoms with Crippen LogP contribution in [-0.2, 0) is 10.0 Å². The molecule has 3 rings (SSSR count). The monoisotopic (exact) mass is 410 g/mol. The van der Waals surface area contributed by atoms with Crippen LogP contribution in [-0.4, -0.2) is 19.2 Å². The molecule has 0 radical (unpaired) electrons. The molecule has 0 aliphatic heterocycles. The molecule has 0 spiro atoms. The molecule has 0 atom stereocenters. The molecule has 136 valence electrons. The summed E-state index contributed by atoms with van der Waals surface area (Å²) in [5.41, 5.74) is 18.1. The lowest BCUT2D eigenvalue weighted by molar-refractivity contribution is 0.104. The summed E-state index contributed by atoms with van der Waals surface area (Å²) in [5, 5.41) is 8.82. The van der Waals surface area contributed by atoms with E-state index in [0.29, 0.717) is 26.4 Å². The molecule has 0 aliphatic carbocycles. The van der Waals surface area contributed by atoms with E-state index >= 15 is 0 Å². The van der Waals surface area contributed by atoms with Gasteiger partial charge in [-0.3, -0.25) is 4.79 Å². The number of carbonyl (C=O) groups excluding carboxylic acids is 1. The molecule has 0 unspecified atom stereocenters. The third-order valence-corrected chi connectivity index (χ3v) is 6.17. The zero-order chi connectivity index (χ0) is 19.1. The van der Waals surface area contributed by atoms with Gasteiger partial charge in [0.2, 0.25) is 15.8 Å². The maximum absolute atomic E-state index is 12.6. The number of nitrogens with two attached hydrogens (primary N) is 4. The van der Waals surface area contributed by atoms with E-state index in [-0.39, 0.29) is 21.4 Å². The normalized spacial score (nSPS) is 11.4. The van der Waals surface area contributed by atoms with Gasteiger partial charge in [-0.25, -0.2) is 18.5 Å². The minimum atomic E-state index is -3.77. The first-order chi connectivity index (χ1) is 12.1. The zero-order valence-electron chi connectivity index (χ0n) is 13.1. The molecule has 2 aromatic heterocycles. The van der Waals surface area contributed by atoms with Gasteiger partial charge in [-0.05, 0) is 30.3 Å². The number of rotatable bonds is 5. The van der Waals surface area contributed by atoms with Gasteiger partial charge in [0.05, 0.1) is 15.6 Å².